The number of methoxy groups -OCH3 is 3. The highest BCUT2D eigenvalue weighted by Gasteiger charge is 2.45. The van der Waals surface area contributed by atoms with Gasteiger partial charge in [0.25, 0.3) is 11.9 Å². The van der Waals surface area contributed by atoms with Crippen molar-refractivity contribution in [3.05, 3.63) is 47.7 Å². The van der Waals surface area contributed by atoms with Gasteiger partial charge in [0.15, 0.2) is 5.76 Å². The first-order chi connectivity index (χ1) is 16.5. The number of nitrogens with one attached hydrogen (secondary N) is 1. The summed E-state index contributed by atoms with van der Waals surface area (Å²) in [6.07, 6.45) is 0. The van der Waals surface area contributed by atoms with Gasteiger partial charge in [-0.2, -0.15) is 0 Å². The van der Waals surface area contributed by atoms with Gasteiger partial charge >= 0.3 is 0 Å². The maximum Gasteiger partial charge on any atom is 0.291 e. The van der Waals surface area contributed by atoms with Crippen LogP contribution in [-0.2, 0) is 0 Å². The van der Waals surface area contributed by atoms with Crippen molar-refractivity contribution in [2.75, 3.05) is 26.6 Å². The molecule has 1 amide bonds. The van der Waals surface area contributed by atoms with Crippen molar-refractivity contribution in [1.29, 1.82) is 0 Å². The third-order valence-electron chi connectivity index (χ3n) is 6.63. The molecule has 0 bridgehead atoms. The van der Waals surface area contributed by atoms with Gasteiger partial charge in [0, 0.05) is 18.2 Å². The summed E-state index contributed by atoms with van der Waals surface area (Å²) in [6, 6.07) is 11.1. The molecule has 0 saturated heterocycles. The number of carbonyl (C=O) groups excluding carboxylic acids is 1. The molecule has 1 aromatic heterocycles. The molecule has 0 spiro atoms. The minimum atomic E-state index is -1.49. The Hall–Kier alpha value is -3.18. The molecule has 0 aliphatic carbocycles. The molecule has 3 aromatic rings. The van der Waals surface area contributed by atoms with E-state index in [9.17, 15) is 4.79 Å². The largest absolute Gasteiger partial charge is 0.496 e. The number of benzene rings is 2. The van der Waals surface area contributed by atoms with Crippen LogP contribution in [0, 0.1) is 6.92 Å². The molecule has 35 heavy (non-hydrogen) atoms. The van der Waals surface area contributed by atoms with Crippen LogP contribution in [0.1, 0.15) is 16.1 Å². The summed E-state index contributed by atoms with van der Waals surface area (Å²) in [6.45, 7) is 11.8. The molecule has 1 N–H and O–H groups in total. The Labute approximate surface area is 208 Å². The number of furan rings is 1. The molecule has 2 aromatic carbocycles. The Kier molecular flexibility index (Phi) is 6.50. The second-order valence-corrected chi connectivity index (χ2v) is 20.2. The second-order valence-electron chi connectivity index (χ2n) is 10.2. The van der Waals surface area contributed by atoms with Gasteiger partial charge in [-0.25, -0.2) is 0 Å². The average Bonchev–Trinajstić information content (AvgIpc) is 3.34. The lowest BCUT2D eigenvalue weighted by Gasteiger charge is -2.19. The van der Waals surface area contributed by atoms with Crippen molar-refractivity contribution in [3.63, 3.8) is 0 Å². The maximum atomic E-state index is 13.0. The predicted molar refractivity (Wildman–Crippen MR) is 143 cm³/mol. The highest BCUT2D eigenvalue weighted by molar-refractivity contribution is 7.14. The Morgan fingerprint density at radius 1 is 0.857 bits per heavy atom. The van der Waals surface area contributed by atoms with Gasteiger partial charge in [0.1, 0.15) is 28.7 Å². The average molecular weight is 512 g/mol. The van der Waals surface area contributed by atoms with Gasteiger partial charge in [-0.3, -0.25) is 4.79 Å². The molecule has 0 atom stereocenters. The van der Waals surface area contributed by atoms with Crippen LogP contribution in [0.15, 0.2) is 40.8 Å². The molecule has 1 aliphatic rings. The lowest BCUT2D eigenvalue weighted by molar-refractivity contribution is 0.0991. The SMILES string of the molecule is COc1cc(OC)c(NC(=O)c2ccc(Oc3cc4c(cc3C)[Si](C)(C)C[Si]4(C)C)o2)c(OC)c1. The van der Waals surface area contributed by atoms with Gasteiger partial charge in [0.05, 0.1) is 37.5 Å². The zero-order valence-electron chi connectivity index (χ0n) is 21.6. The number of fused-ring (bicyclic) bond motifs is 1. The standard InChI is InChI=1S/C26H33NO6Si2/c1-16-11-22-23(35(7,8)15-34(22,5)6)14-19(16)33-24-10-9-18(32-24)26(28)27-25-20(30-3)12-17(29-2)13-21(25)31-4/h9-14H,15H2,1-8H3,(H,27,28). The summed E-state index contributed by atoms with van der Waals surface area (Å²) in [5.74, 6) is 2.06. The van der Waals surface area contributed by atoms with Crippen molar-refractivity contribution in [2.45, 2.75) is 38.8 Å². The first-order valence-electron chi connectivity index (χ1n) is 11.5. The van der Waals surface area contributed by atoms with E-state index in [4.69, 9.17) is 23.4 Å². The number of hydrogen-bond donors (Lipinski definition) is 1. The van der Waals surface area contributed by atoms with Crippen molar-refractivity contribution < 1.29 is 28.2 Å². The first kappa shape index (κ1) is 24.9. The Morgan fingerprint density at radius 2 is 1.46 bits per heavy atom. The fourth-order valence-electron chi connectivity index (χ4n) is 5.12. The topological polar surface area (TPSA) is 79.2 Å². The molecule has 1 aliphatic heterocycles. The van der Waals surface area contributed by atoms with E-state index in [1.807, 2.05) is 0 Å². The van der Waals surface area contributed by atoms with E-state index in [0.717, 1.165) is 11.3 Å². The van der Waals surface area contributed by atoms with Crippen LogP contribution in [0.4, 0.5) is 5.69 Å². The Bertz CT molecular complexity index is 1260. The van der Waals surface area contributed by atoms with E-state index in [1.165, 1.54) is 25.1 Å². The number of aryl methyl sites for hydroxylation is 1. The van der Waals surface area contributed by atoms with Gasteiger partial charge in [0.2, 0.25) is 0 Å². The van der Waals surface area contributed by atoms with E-state index in [2.05, 4.69) is 50.6 Å². The Balaban J connectivity index is 1.57. The summed E-state index contributed by atoms with van der Waals surface area (Å²) in [5.41, 5.74) is 2.81. The first-order valence-corrected chi connectivity index (χ1v) is 17.9. The van der Waals surface area contributed by atoms with Crippen LogP contribution in [0.5, 0.6) is 28.9 Å². The number of anilines is 1. The minimum Gasteiger partial charge on any atom is -0.496 e. The normalized spacial score (nSPS) is 15.3. The third kappa shape index (κ3) is 4.70. The maximum absolute atomic E-state index is 13.0. The van der Waals surface area contributed by atoms with Gasteiger partial charge in [-0.05, 0) is 24.6 Å². The van der Waals surface area contributed by atoms with Crippen LogP contribution in [0.3, 0.4) is 0 Å². The predicted octanol–water partition coefficient (Wildman–Crippen LogP) is 5.04. The monoisotopic (exact) mass is 511 g/mol. The summed E-state index contributed by atoms with van der Waals surface area (Å²) < 4.78 is 28.0. The molecule has 0 radical (unpaired) electrons. The van der Waals surface area contributed by atoms with E-state index in [0.29, 0.717) is 22.9 Å². The van der Waals surface area contributed by atoms with E-state index < -0.39 is 22.1 Å². The highest BCUT2D eigenvalue weighted by atomic mass is 28.4. The van der Waals surface area contributed by atoms with Crippen molar-refractivity contribution >= 4 is 38.1 Å². The summed E-state index contributed by atoms with van der Waals surface area (Å²) in [5, 5.41) is 5.85. The molecule has 0 saturated carbocycles. The zero-order valence-corrected chi connectivity index (χ0v) is 23.6. The number of rotatable bonds is 7. The zero-order chi connectivity index (χ0) is 25.5. The van der Waals surface area contributed by atoms with E-state index >= 15 is 0 Å². The molecule has 2 heterocycles. The smallest absolute Gasteiger partial charge is 0.291 e. The van der Waals surface area contributed by atoms with Gasteiger partial charge < -0.3 is 28.7 Å². The lowest BCUT2D eigenvalue weighted by atomic mass is 10.2. The second kappa shape index (κ2) is 9.12. The quantitative estimate of drug-likeness (QED) is 0.448. The van der Waals surface area contributed by atoms with Crippen molar-refractivity contribution in [1.82, 2.24) is 0 Å². The Morgan fingerprint density at radius 3 is 2.03 bits per heavy atom. The molecule has 186 valence electrons. The van der Waals surface area contributed by atoms with E-state index in [1.54, 1.807) is 36.6 Å². The molecule has 4 rings (SSSR count). The van der Waals surface area contributed by atoms with Crippen molar-refractivity contribution in [3.8, 4) is 28.9 Å². The number of hydrogen-bond acceptors (Lipinski definition) is 6. The molecule has 7 nitrogen and oxygen atoms in total. The lowest BCUT2D eigenvalue weighted by Crippen LogP contribution is -2.44. The van der Waals surface area contributed by atoms with Crippen LogP contribution in [0.25, 0.3) is 0 Å². The van der Waals surface area contributed by atoms with Crippen LogP contribution in [0.2, 0.25) is 31.9 Å². The summed E-state index contributed by atoms with van der Waals surface area (Å²) in [4.78, 5) is 13.0. The minimum absolute atomic E-state index is 0.113. The van der Waals surface area contributed by atoms with E-state index in [-0.39, 0.29) is 11.7 Å². The third-order valence-corrected chi connectivity index (χ3v) is 17.7. The summed E-state index contributed by atoms with van der Waals surface area (Å²) in [7, 11) is 1.66. The number of amides is 1. The van der Waals surface area contributed by atoms with Crippen LogP contribution < -0.4 is 34.6 Å². The molecular weight excluding hydrogens is 478 g/mol. The molecule has 9 heteroatoms. The number of carbonyl (C=O) groups is 1. The van der Waals surface area contributed by atoms with Gasteiger partial charge in [-0.1, -0.05) is 48.3 Å². The summed E-state index contributed by atoms with van der Waals surface area (Å²) >= 11 is 0. The van der Waals surface area contributed by atoms with Crippen LogP contribution >= 0.6 is 0 Å². The highest BCUT2D eigenvalue weighted by Crippen LogP contribution is 2.39. The van der Waals surface area contributed by atoms with Crippen LogP contribution in [-0.4, -0.2) is 43.4 Å². The van der Waals surface area contributed by atoms with Crippen molar-refractivity contribution in [2.24, 2.45) is 0 Å². The molecule has 0 unspecified atom stereocenters. The van der Waals surface area contributed by atoms with Gasteiger partial charge in [-0.15, -0.1) is 0 Å². The molecule has 0 fully saturated rings. The fourth-order valence-corrected chi connectivity index (χ4v) is 20.2. The molecular formula is C26H33NO6Si2. The fraction of sp³-hybridized carbons (Fsp3) is 0.346. The number of ether oxygens (including phenoxy) is 4.